The Kier molecular flexibility index (Phi) is 4.22. The van der Waals surface area contributed by atoms with Crippen LogP contribution in [0.3, 0.4) is 0 Å². The predicted octanol–water partition coefficient (Wildman–Crippen LogP) is 1.84. The van der Waals surface area contributed by atoms with Crippen LogP contribution >= 0.6 is 0 Å². The second-order valence-corrected chi connectivity index (χ2v) is 5.20. The van der Waals surface area contributed by atoms with Crippen molar-refractivity contribution in [1.29, 1.82) is 0 Å². The van der Waals surface area contributed by atoms with E-state index in [0.717, 1.165) is 16.8 Å². The van der Waals surface area contributed by atoms with E-state index >= 15 is 0 Å². The topological polar surface area (TPSA) is 49.8 Å². The standard InChI is InChI=1S/C15H21NO3/c1-10(2)12-6-4-5-11(3)14(12)16-7-8-19-13(9-17)15(16)18/h4-6,10,13,17H,7-9H2,1-3H3. The fourth-order valence-corrected chi connectivity index (χ4v) is 2.51. The molecular formula is C15H21NO3. The van der Waals surface area contributed by atoms with Gasteiger partial charge in [-0.15, -0.1) is 0 Å². The second kappa shape index (κ2) is 5.72. The van der Waals surface area contributed by atoms with Gasteiger partial charge in [-0.3, -0.25) is 4.79 Å². The van der Waals surface area contributed by atoms with Gasteiger partial charge in [-0.1, -0.05) is 32.0 Å². The molecule has 1 heterocycles. The van der Waals surface area contributed by atoms with E-state index in [0.29, 0.717) is 19.1 Å². The number of aryl methyl sites for hydroxylation is 1. The highest BCUT2D eigenvalue weighted by molar-refractivity contribution is 5.98. The quantitative estimate of drug-likeness (QED) is 0.905. The Morgan fingerprint density at radius 3 is 2.84 bits per heavy atom. The summed E-state index contributed by atoms with van der Waals surface area (Å²) in [4.78, 5) is 14.1. The molecule has 1 aromatic carbocycles. The smallest absolute Gasteiger partial charge is 0.258 e. The number of morpholine rings is 1. The first kappa shape index (κ1) is 14.0. The number of anilines is 1. The van der Waals surface area contributed by atoms with Gasteiger partial charge in [-0.25, -0.2) is 0 Å². The molecule has 1 N–H and O–H groups in total. The number of benzene rings is 1. The van der Waals surface area contributed by atoms with Crippen LogP contribution in [0.1, 0.15) is 30.9 Å². The molecule has 1 amide bonds. The van der Waals surface area contributed by atoms with Gasteiger partial charge in [-0.05, 0) is 24.0 Å². The molecule has 0 spiro atoms. The number of carbonyl (C=O) groups is 1. The maximum Gasteiger partial charge on any atom is 0.258 e. The number of hydrogen-bond acceptors (Lipinski definition) is 3. The lowest BCUT2D eigenvalue weighted by atomic mass is 9.96. The summed E-state index contributed by atoms with van der Waals surface area (Å²) in [6, 6.07) is 6.09. The van der Waals surface area contributed by atoms with Crippen molar-refractivity contribution in [2.24, 2.45) is 0 Å². The normalized spacial score (nSPS) is 20.2. The summed E-state index contributed by atoms with van der Waals surface area (Å²) in [7, 11) is 0. The Morgan fingerprint density at radius 1 is 1.47 bits per heavy atom. The van der Waals surface area contributed by atoms with Crippen LogP contribution in [0.5, 0.6) is 0 Å². The number of rotatable bonds is 3. The number of carbonyl (C=O) groups excluding carboxylic acids is 1. The van der Waals surface area contributed by atoms with Crippen molar-refractivity contribution in [2.75, 3.05) is 24.7 Å². The lowest BCUT2D eigenvalue weighted by molar-refractivity contribution is -0.136. The minimum absolute atomic E-state index is 0.148. The van der Waals surface area contributed by atoms with Gasteiger partial charge in [0, 0.05) is 6.54 Å². The fraction of sp³-hybridized carbons (Fsp3) is 0.533. The van der Waals surface area contributed by atoms with E-state index in [1.807, 2.05) is 19.1 Å². The maximum atomic E-state index is 12.3. The monoisotopic (exact) mass is 263 g/mol. The van der Waals surface area contributed by atoms with Gasteiger partial charge in [0.1, 0.15) is 0 Å². The van der Waals surface area contributed by atoms with Crippen molar-refractivity contribution in [3.05, 3.63) is 29.3 Å². The molecule has 1 atom stereocenters. The number of para-hydroxylation sites is 1. The third-order valence-corrected chi connectivity index (χ3v) is 3.50. The number of ether oxygens (including phenoxy) is 1. The number of amides is 1. The number of hydrogen-bond donors (Lipinski definition) is 1. The molecule has 19 heavy (non-hydrogen) atoms. The average molecular weight is 263 g/mol. The molecule has 104 valence electrons. The Morgan fingerprint density at radius 2 is 2.21 bits per heavy atom. The molecule has 0 aromatic heterocycles. The Balaban J connectivity index is 2.43. The minimum Gasteiger partial charge on any atom is -0.393 e. The van der Waals surface area contributed by atoms with E-state index in [9.17, 15) is 9.90 Å². The van der Waals surface area contributed by atoms with Crippen LogP contribution in [0.25, 0.3) is 0 Å². The second-order valence-electron chi connectivity index (χ2n) is 5.20. The van der Waals surface area contributed by atoms with Crippen molar-refractivity contribution < 1.29 is 14.6 Å². The van der Waals surface area contributed by atoms with E-state index in [4.69, 9.17) is 4.74 Å². The van der Waals surface area contributed by atoms with Crippen molar-refractivity contribution in [3.63, 3.8) is 0 Å². The van der Waals surface area contributed by atoms with Gasteiger partial charge in [0.15, 0.2) is 6.10 Å². The van der Waals surface area contributed by atoms with E-state index in [2.05, 4.69) is 19.9 Å². The van der Waals surface area contributed by atoms with Gasteiger partial charge < -0.3 is 14.7 Å². The van der Waals surface area contributed by atoms with Gasteiger partial charge in [0.2, 0.25) is 0 Å². The molecule has 4 heteroatoms. The number of nitrogens with zero attached hydrogens (tertiary/aromatic N) is 1. The SMILES string of the molecule is Cc1cccc(C(C)C)c1N1CCOC(CO)C1=O. The van der Waals surface area contributed by atoms with Crippen LogP contribution < -0.4 is 4.90 Å². The predicted molar refractivity (Wildman–Crippen MR) is 74.4 cm³/mol. The zero-order valence-electron chi connectivity index (χ0n) is 11.7. The van der Waals surface area contributed by atoms with Crippen molar-refractivity contribution in [1.82, 2.24) is 0 Å². The van der Waals surface area contributed by atoms with Crippen LogP contribution in [-0.4, -0.2) is 36.9 Å². The lowest BCUT2D eigenvalue weighted by Crippen LogP contribution is -2.50. The van der Waals surface area contributed by atoms with Gasteiger partial charge in [-0.2, -0.15) is 0 Å². The van der Waals surface area contributed by atoms with E-state index < -0.39 is 6.10 Å². The van der Waals surface area contributed by atoms with E-state index in [1.54, 1.807) is 4.90 Å². The summed E-state index contributed by atoms with van der Waals surface area (Å²) < 4.78 is 5.29. The molecule has 1 unspecified atom stereocenters. The average Bonchev–Trinajstić information content (AvgIpc) is 2.39. The van der Waals surface area contributed by atoms with Crippen LogP contribution in [0, 0.1) is 6.92 Å². The molecule has 1 saturated heterocycles. The Bertz CT molecular complexity index is 470. The highest BCUT2D eigenvalue weighted by Gasteiger charge is 2.32. The summed E-state index contributed by atoms with van der Waals surface area (Å²) in [5, 5.41) is 9.20. The Hall–Kier alpha value is -1.39. The van der Waals surface area contributed by atoms with Crippen LogP contribution in [-0.2, 0) is 9.53 Å². The van der Waals surface area contributed by atoms with E-state index in [1.165, 1.54) is 0 Å². The highest BCUT2D eigenvalue weighted by Crippen LogP contribution is 2.32. The zero-order valence-corrected chi connectivity index (χ0v) is 11.7. The third-order valence-electron chi connectivity index (χ3n) is 3.50. The Labute approximate surface area is 114 Å². The summed E-state index contributed by atoms with van der Waals surface area (Å²) >= 11 is 0. The molecule has 1 aliphatic heterocycles. The van der Waals surface area contributed by atoms with Crippen LogP contribution in [0.2, 0.25) is 0 Å². The van der Waals surface area contributed by atoms with Gasteiger partial charge in [0.25, 0.3) is 5.91 Å². The summed E-state index contributed by atoms with van der Waals surface area (Å²) in [5.74, 6) is 0.197. The first-order valence-corrected chi connectivity index (χ1v) is 6.69. The van der Waals surface area contributed by atoms with E-state index in [-0.39, 0.29) is 12.5 Å². The molecular weight excluding hydrogens is 242 g/mol. The fourth-order valence-electron chi connectivity index (χ4n) is 2.51. The van der Waals surface area contributed by atoms with Gasteiger partial charge in [0.05, 0.1) is 18.9 Å². The maximum absolute atomic E-state index is 12.3. The number of aliphatic hydroxyl groups is 1. The molecule has 0 radical (unpaired) electrons. The summed E-state index contributed by atoms with van der Waals surface area (Å²) in [6.45, 7) is 6.98. The molecule has 4 nitrogen and oxygen atoms in total. The van der Waals surface area contributed by atoms with Crippen LogP contribution in [0.4, 0.5) is 5.69 Å². The zero-order chi connectivity index (χ0) is 14.0. The minimum atomic E-state index is -0.728. The summed E-state index contributed by atoms with van der Waals surface area (Å²) in [6.07, 6.45) is -0.728. The highest BCUT2D eigenvalue weighted by atomic mass is 16.5. The molecule has 0 bridgehead atoms. The van der Waals surface area contributed by atoms with Gasteiger partial charge >= 0.3 is 0 Å². The molecule has 0 aliphatic carbocycles. The molecule has 2 rings (SSSR count). The molecule has 1 aliphatic rings. The largest absolute Gasteiger partial charge is 0.393 e. The molecule has 0 saturated carbocycles. The first-order chi connectivity index (χ1) is 9.06. The molecule has 1 fully saturated rings. The summed E-state index contributed by atoms with van der Waals surface area (Å²) in [5.41, 5.74) is 3.22. The third kappa shape index (κ3) is 2.65. The van der Waals surface area contributed by atoms with Crippen molar-refractivity contribution in [2.45, 2.75) is 32.8 Å². The molecule has 1 aromatic rings. The van der Waals surface area contributed by atoms with Crippen molar-refractivity contribution >= 4 is 11.6 Å². The van der Waals surface area contributed by atoms with Crippen LogP contribution in [0.15, 0.2) is 18.2 Å². The first-order valence-electron chi connectivity index (χ1n) is 6.69. The van der Waals surface area contributed by atoms with Crippen molar-refractivity contribution in [3.8, 4) is 0 Å². The number of aliphatic hydroxyl groups excluding tert-OH is 1. The lowest BCUT2D eigenvalue weighted by Gasteiger charge is -2.34.